The molecule has 9 aromatic carbocycles. The van der Waals surface area contributed by atoms with E-state index in [-0.39, 0.29) is 0 Å². The fourth-order valence-electron chi connectivity index (χ4n) is 8.21. The molecule has 0 N–H and O–H groups in total. The lowest BCUT2D eigenvalue weighted by atomic mass is 9.95. The molecule has 0 aliphatic heterocycles. The maximum absolute atomic E-state index is 6.63. The molecule has 3 nitrogen and oxygen atoms in total. The van der Waals surface area contributed by atoms with Gasteiger partial charge < -0.3 is 13.7 Å². The zero-order valence-corrected chi connectivity index (χ0v) is 29.8. The summed E-state index contributed by atoms with van der Waals surface area (Å²) in [6.07, 6.45) is 0. The zero-order valence-electron chi connectivity index (χ0n) is 29.8. The van der Waals surface area contributed by atoms with Crippen LogP contribution in [0.15, 0.2) is 209 Å². The Labute approximate surface area is 317 Å². The number of benzene rings is 9. The van der Waals surface area contributed by atoms with E-state index in [2.05, 4.69) is 181 Å². The van der Waals surface area contributed by atoms with Crippen LogP contribution in [0.4, 0.5) is 17.1 Å². The Morgan fingerprint density at radius 1 is 0.309 bits per heavy atom. The number of rotatable bonds is 6. The summed E-state index contributed by atoms with van der Waals surface area (Å²) < 4.78 is 12.9. The number of furan rings is 2. The molecule has 55 heavy (non-hydrogen) atoms. The molecule has 0 spiro atoms. The van der Waals surface area contributed by atoms with Crippen LogP contribution in [-0.2, 0) is 0 Å². The first-order valence-corrected chi connectivity index (χ1v) is 18.7. The maximum atomic E-state index is 6.63. The van der Waals surface area contributed by atoms with Crippen LogP contribution in [0, 0.1) is 0 Å². The normalized spacial score (nSPS) is 11.6. The lowest BCUT2D eigenvalue weighted by molar-refractivity contribution is 0.668. The van der Waals surface area contributed by atoms with Crippen molar-refractivity contribution in [3.05, 3.63) is 200 Å². The lowest BCUT2D eigenvalue weighted by Crippen LogP contribution is -2.10. The molecule has 0 aliphatic carbocycles. The second kappa shape index (κ2) is 12.6. The van der Waals surface area contributed by atoms with E-state index < -0.39 is 0 Å². The average Bonchev–Trinajstić information content (AvgIpc) is 3.83. The van der Waals surface area contributed by atoms with Crippen LogP contribution >= 0.6 is 0 Å². The molecule has 11 rings (SSSR count). The third kappa shape index (κ3) is 5.28. The molecule has 258 valence electrons. The summed E-state index contributed by atoms with van der Waals surface area (Å²) in [6, 6.07) is 71.0. The molecule has 0 fully saturated rings. The molecule has 0 atom stereocenters. The number of hydrogen-bond donors (Lipinski definition) is 0. The minimum atomic E-state index is 0.853. The summed E-state index contributed by atoms with van der Waals surface area (Å²) >= 11 is 0. The third-order valence-electron chi connectivity index (χ3n) is 10.9. The van der Waals surface area contributed by atoms with Crippen molar-refractivity contribution in [2.24, 2.45) is 0 Å². The van der Waals surface area contributed by atoms with Gasteiger partial charge in [-0.2, -0.15) is 0 Å². The van der Waals surface area contributed by atoms with Crippen LogP contribution in [0.2, 0.25) is 0 Å². The summed E-state index contributed by atoms with van der Waals surface area (Å²) in [5.41, 5.74) is 13.5. The van der Waals surface area contributed by atoms with Crippen molar-refractivity contribution in [3.8, 4) is 33.4 Å². The van der Waals surface area contributed by atoms with E-state index in [1.807, 2.05) is 24.3 Å². The van der Waals surface area contributed by atoms with Crippen LogP contribution in [0.3, 0.4) is 0 Å². The van der Waals surface area contributed by atoms with Gasteiger partial charge in [0, 0.05) is 32.9 Å². The number of fused-ring (bicyclic) bond motifs is 7. The predicted octanol–water partition coefficient (Wildman–Crippen LogP) is 15.1. The van der Waals surface area contributed by atoms with Gasteiger partial charge in [-0.3, -0.25) is 0 Å². The molecule has 11 aromatic rings. The number of hydrogen-bond acceptors (Lipinski definition) is 3. The van der Waals surface area contributed by atoms with Gasteiger partial charge in [0.2, 0.25) is 0 Å². The van der Waals surface area contributed by atoms with Crippen LogP contribution < -0.4 is 4.90 Å². The molecular weight excluding hydrogens is 671 g/mol. The van der Waals surface area contributed by atoms with Crippen molar-refractivity contribution in [2.45, 2.75) is 0 Å². The van der Waals surface area contributed by atoms with Crippen LogP contribution in [0.5, 0.6) is 0 Å². The Morgan fingerprint density at radius 2 is 0.891 bits per heavy atom. The largest absolute Gasteiger partial charge is 0.456 e. The molecular formula is C52H33NO2. The van der Waals surface area contributed by atoms with Crippen LogP contribution in [0.1, 0.15) is 0 Å². The quantitative estimate of drug-likeness (QED) is 0.173. The van der Waals surface area contributed by atoms with Gasteiger partial charge in [0.15, 0.2) is 5.58 Å². The maximum Gasteiger partial charge on any atom is 0.159 e. The highest BCUT2D eigenvalue weighted by molar-refractivity contribution is 6.10. The predicted molar refractivity (Wildman–Crippen MR) is 229 cm³/mol. The topological polar surface area (TPSA) is 29.5 Å². The molecule has 0 saturated heterocycles. The Balaban J connectivity index is 1.04. The highest BCUT2D eigenvalue weighted by Gasteiger charge is 2.20. The van der Waals surface area contributed by atoms with Crippen LogP contribution in [0.25, 0.3) is 88.0 Å². The SMILES string of the molecule is c1cc(-c2cccc(N(c3ccc(-c4ccc5c(c4)oc4ccccc45)cc3)c3cccc4c3oc3ccccc34)c2)cc(-c2cccc3ccccc23)c1. The first-order valence-electron chi connectivity index (χ1n) is 18.7. The summed E-state index contributed by atoms with van der Waals surface area (Å²) in [7, 11) is 0. The van der Waals surface area contributed by atoms with Crippen molar-refractivity contribution in [1.29, 1.82) is 0 Å². The van der Waals surface area contributed by atoms with Gasteiger partial charge in [0.05, 0.1) is 5.69 Å². The van der Waals surface area contributed by atoms with E-state index >= 15 is 0 Å². The Bertz CT molecular complexity index is 3220. The molecule has 0 bridgehead atoms. The Kier molecular flexibility index (Phi) is 7.17. The smallest absolute Gasteiger partial charge is 0.159 e. The van der Waals surface area contributed by atoms with Gasteiger partial charge in [0.1, 0.15) is 16.7 Å². The zero-order chi connectivity index (χ0) is 36.3. The van der Waals surface area contributed by atoms with Gasteiger partial charge in [0.25, 0.3) is 0 Å². The van der Waals surface area contributed by atoms with E-state index in [1.54, 1.807) is 0 Å². The molecule has 2 heterocycles. The Hall–Kier alpha value is -7.36. The van der Waals surface area contributed by atoms with Gasteiger partial charge in [-0.25, -0.2) is 0 Å². The summed E-state index contributed by atoms with van der Waals surface area (Å²) in [5.74, 6) is 0. The summed E-state index contributed by atoms with van der Waals surface area (Å²) in [6.45, 7) is 0. The lowest BCUT2D eigenvalue weighted by Gasteiger charge is -2.26. The van der Waals surface area contributed by atoms with E-state index in [9.17, 15) is 0 Å². The van der Waals surface area contributed by atoms with Gasteiger partial charge in [-0.05, 0) is 105 Å². The minimum Gasteiger partial charge on any atom is -0.456 e. The van der Waals surface area contributed by atoms with Gasteiger partial charge in [-0.15, -0.1) is 0 Å². The highest BCUT2D eigenvalue weighted by Crippen LogP contribution is 2.44. The molecule has 2 aromatic heterocycles. The van der Waals surface area contributed by atoms with Crippen molar-refractivity contribution in [3.63, 3.8) is 0 Å². The van der Waals surface area contributed by atoms with E-state index in [1.165, 1.54) is 21.9 Å². The Morgan fingerprint density at radius 3 is 1.75 bits per heavy atom. The number of para-hydroxylation sites is 3. The molecule has 0 amide bonds. The first kappa shape index (κ1) is 31.2. The number of nitrogens with zero attached hydrogens (tertiary/aromatic N) is 1. The van der Waals surface area contributed by atoms with E-state index in [4.69, 9.17) is 8.83 Å². The fourth-order valence-corrected chi connectivity index (χ4v) is 8.21. The molecule has 0 aliphatic rings. The summed E-state index contributed by atoms with van der Waals surface area (Å²) in [5, 5.41) is 6.95. The molecule has 0 saturated carbocycles. The van der Waals surface area contributed by atoms with Crippen LogP contribution in [-0.4, -0.2) is 0 Å². The van der Waals surface area contributed by atoms with Crippen molar-refractivity contribution < 1.29 is 8.83 Å². The third-order valence-corrected chi connectivity index (χ3v) is 10.9. The van der Waals surface area contributed by atoms with Gasteiger partial charge >= 0.3 is 0 Å². The van der Waals surface area contributed by atoms with Crippen molar-refractivity contribution in [1.82, 2.24) is 0 Å². The second-order valence-electron chi connectivity index (χ2n) is 14.1. The van der Waals surface area contributed by atoms with Gasteiger partial charge in [-0.1, -0.05) is 140 Å². The molecule has 3 heteroatoms. The van der Waals surface area contributed by atoms with Crippen molar-refractivity contribution in [2.75, 3.05) is 4.90 Å². The minimum absolute atomic E-state index is 0.853. The summed E-state index contributed by atoms with van der Waals surface area (Å²) in [4.78, 5) is 2.31. The molecule has 0 unspecified atom stereocenters. The highest BCUT2D eigenvalue weighted by atomic mass is 16.3. The number of anilines is 3. The van der Waals surface area contributed by atoms with Crippen molar-refractivity contribution >= 4 is 71.7 Å². The first-order chi connectivity index (χ1) is 27.2. The fraction of sp³-hybridized carbons (Fsp3) is 0. The second-order valence-corrected chi connectivity index (χ2v) is 14.1. The molecule has 0 radical (unpaired) electrons. The van der Waals surface area contributed by atoms with E-state index in [0.29, 0.717) is 0 Å². The van der Waals surface area contributed by atoms with E-state index in [0.717, 1.165) is 83.2 Å². The monoisotopic (exact) mass is 703 g/mol. The standard InChI is InChI=1S/C52H33NO2/c1-2-17-42-35(11-1)12-9-20-43(42)39-15-7-13-36(31-39)37-14-8-16-41(32-37)53(48-22-10-21-47-45-19-4-6-24-50(45)55-52(47)48)40-28-25-34(26-29-40)38-27-30-46-44-18-3-5-23-49(44)54-51(46)33-38/h1-33H. The average molecular weight is 704 g/mol.